The minimum absolute atomic E-state index is 0.00389. The Balaban J connectivity index is 1.16. The molecule has 14 rings (SSSR count). The van der Waals surface area contributed by atoms with Crippen molar-refractivity contribution in [3.8, 4) is 0 Å². The van der Waals surface area contributed by atoms with Crippen LogP contribution in [0.5, 0.6) is 0 Å². The van der Waals surface area contributed by atoms with E-state index in [-0.39, 0.29) is 28.5 Å². The van der Waals surface area contributed by atoms with Gasteiger partial charge in [0.05, 0.1) is 26.3 Å². The number of benzene rings is 8. The van der Waals surface area contributed by atoms with Crippen LogP contribution < -0.4 is 31.1 Å². The first kappa shape index (κ1) is 42.5. The fourth-order valence-corrected chi connectivity index (χ4v) is 15.9. The molecule has 2 unspecified atom stereocenters. The maximum absolute atomic E-state index is 2.81. The molecule has 1 aliphatic carbocycles. The maximum atomic E-state index is 2.81. The second kappa shape index (κ2) is 14.6. The summed E-state index contributed by atoms with van der Waals surface area (Å²) in [7, 11) is 0. The Labute approximate surface area is 421 Å². The normalized spacial score (nSPS) is 19.5. The summed E-state index contributed by atoms with van der Waals surface area (Å²) < 4.78 is 5.29. The topological polar surface area (TPSA) is 9.72 Å². The van der Waals surface area contributed by atoms with E-state index in [9.17, 15) is 0 Å². The lowest BCUT2D eigenvalue weighted by atomic mass is 9.33. The number of para-hydroxylation sites is 1. The Morgan fingerprint density at radius 2 is 0.929 bits per heavy atom. The highest BCUT2D eigenvalue weighted by molar-refractivity contribution is 7.27. The molecule has 2 atom stereocenters. The van der Waals surface area contributed by atoms with Crippen molar-refractivity contribution in [2.24, 2.45) is 0 Å². The summed E-state index contributed by atoms with van der Waals surface area (Å²) in [5.41, 5.74) is 18.2. The van der Waals surface area contributed by atoms with Crippen molar-refractivity contribution in [2.45, 2.75) is 103 Å². The Hall–Kier alpha value is -6.34. The summed E-state index contributed by atoms with van der Waals surface area (Å²) in [6, 6.07) is 61.6. The average Bonchev–Trinajstić information content (AvgIpc) is 3.99. The van der Waals surface area contributed by atoms with E-state index in [4.69, 9.17) is 0 Å². The molecule has 2 aromatic heterocycles. The fourth-order valence-electron chi connectivity index (χ4n) is 13.5. The highest BCUT2D eigenvalue weighted by Crippen LogP contribution is 2.62. The Morgan fingerprint density at radius 1 is 0.457 bits per heavy atom. The van der Waals surface area contributed by atoms with Crippen LogP contribution in [0.2, 0.25) is 0 Å². The molecule has 0 bridgehead atoms. The van der Waals surface area contributed by atoms with Gasteiger partial charge in [0.15, 0.2) is 0 Å². The van der Waals surface area contributed by atoms with E-state index in [0.29, 0.717) is 0 Å². The highest BCUT2D eigenvalue weighted by atomic mass is 32.1. The lowest BCUT2D eigenvalue weighted by Gasteiger charge is -2.51. The van der Waals surface area contributed by atoms with Crippen LogP contribution >= 0.6 is 22.7 Å². The van der Waals surface area contributed by atoms with E-state index in [0.717, 1.165) is 6.42 Å². The van der Waals surface area contributed by atoms with E-state index >= 15 is 0 Å². The molecule has 6 heteroatoms. The summed E-state index contributed by atoms with van der Waals surface area (Å²) in [5.74, 6) is 0. The SMILES string of the molecule is CC(C)(C)c1ccc2c(c1)N(c1cccc3c1sc1ccccc13)c1cc(N3c4ccccc4C4(C)CCCCC34C)cc3c1B2c1ccc(C(C)(C)C)cc1N3c1cccc2c1sc1ccccc12. The van der Waals surface area contributed by atoms with Crippen LogP contribution in [0.4, 0.5) is 45.5 Å². The third kappa shape index (κ3) is 5.75. The molecule has 344 valence electrons. The first-order chi connectivity index (χ1) is 33.7. The summed E-state index contributed by atoms with van der Waals surface area (Å²) in [4.78, 5) is 8.22. The lowest BCUT2D eigenvalue weighted by molar-refractivity contribution is 0.195. The number of fused-ring (bicyclic) bond motifs is 13. The van der Waals surface area contributed by atoms with Gasteiger partial charge in [-0.25, -0.2) is 0 Å². The number of thiophene rings is 2. The quantitative estimate of drug-likeness (QED) is 0.163. The molecule has 1 saturated carbocycles. The highest BCUT2D eigenvalue weighted by Gasteiger charge is 2.58. The first-order valence-electron chi connectivity index (χ1n) is 25.5. The van der Waals surface area contributed by atoms with Crippen LogP contribution in [0.1, 0.15) is 97.8 Å². The van der Waals surface area contributed by atoms with Crippen molar-refractivity contribution < 1.29 is 0 Å². The predicted molar refractivity (Wildman–Crippen MR) is 306 cm³/mol. The molecule has 5 heterocycles. The maximum Gasteiger partial charge on any atom is 0.252 e. The molecular formula is C64H58BN3S2. The zero-order valence-electron chi connectivity index (χ0n) is 41.6. The molecule has 0 saturated heterocycles. The molecule has 3 nitrogen and oxygen atoms in total. The Morgan fingerprint density at radius 3 is 1.47 bits per heavy atom. The Bertz CT molecular complexity index is 3640. The molecule has 0 radical (unpaired) electrons. The summed E-state index contributed by atoms with van der Waals surface area (Å²) >= 11 is 3.86. The number of hydrogen-bond acceptors (Lipinski definition) is 5. The van der Waals surface area contributed by atoms with E-state index in [1.165, 1.54) is 138 Å². The first-order valence-corrected chi connectivity index (χ1v) is 27.1. The van der Waals surface area contributed by atoms with Gasteiger partial charge in [0.1, 0.15) is 0 Å². The molecule has 3 aliphatic heterocycles. The van der Waals surface area contributed by atoms with Crippen LogP contribution in [-0.4, -0.2) is 12.3 Å². The van der Waals surface area contributed by atoms with Crippen molar-refractivity contribution >= 4 is 132 Å². The summed E-state index contributed by atoms with van der Waals surface area (Å²) in [5, 5.41) is 5.28. The van der Waals surface area contributed by atoms with Gasteiger partial charge in [0.25, 0.3) is 6.71 Å². The standard InChI is InChI=1S/C64H58BN3S2/c1-61(2,3)39-29-31-47-52(35-39)66(50-25-17-21-44-42-19-9-13-27-56(42)69-59(44)50)54-37-41(68-49-24-12-11-23-46(49)63(7)33-15-16-34-64(63,68)8)38-55-58(54)65(47)48-32-30-40(62(4,5)6)36-53(48)67(55)51-26-18-22-45-43-20-10-14-28-57(43)70-60(45)51/h9-14,17-32,35-38H,15-16,33-34H2,1-8H3. The number of nitrogens with zero attached hydrogens (tertiary/aromatic N) is 3. The minimum Gasteiger partial charge on any atom is -0.334 e. The van der Waals surface area contributed by atoms with Gasteiger partial charge in [-0.2, -0.15) is 0 Å². The van der Waals surface area contributed by atoms with Gasteiger partial charge in [-0.15, -0.1) is 22.7 Å². The van der Waals surface area contributed by atoms with Gasteiger partial charge in [-0.05, 0) is 118 Å². The molecule has 10 aromatic rings. The van der Waals surface area contributed by atoms with Crippen LogP contribution in [0.25, 0.3) is 40.3 Å². The largest absolute Gasteiger partial charge is 0.334 e. The van der Waals surface area contributed by atoms with Gasteiger partial charge in [-0.1, -0.05) is 164 Å². The summed E-state index contributed by atoms with van der Waals surface area (Å²) in [6.07, 6.45) is 4.80. The molecule has 0 spiro atoms. The molecular weight excluding hydrogens is 886 g/mol. The molecule has 4 aliphatic rings. The van der Waals surface area contributed by atoms with Gasteiger partial charge in [0.2, 0.25) is 0 Å². The van der Waals surface area contributed by atoms with Crippen LogP contribution in [0.3, 0.4) is 0 Å². The Kier molecular flexibility index (Phi) is 8.88. The summed E-state index contributed by atoms with van der Waals surface area (Å²) in [6.45, 7) is 19.3. The molecule has 0 N–H and O–H groups in total. The number of hydrogen-bond donors (Lipinski definition) is 0. The smallest absolute Gasteiger partial charge is 0.252 e. The van der Waals surface area contributed by atoms with Crippen molar-refractivity contribution in [2.75, 3.05) is 14.7 Å². The van der Waals surface area contributed by atoms with Crippen molar-refractivity contribution in [1.29, 1.82) is 0 Å². The second-order valence-corrected chi connectivity index (χ2v) is 25.3. The van der Waals surface area contributed by atoms with Crippen LogP contribution in [-0.2, 0) is 16.2 Å². The monoisotopic (exact) mass is 943 g/mol. The molecule has 0 amide bonds. The van der Waals surface area contributed by atoms with Gasteiger partial charge >= 0.3 is 0 Å². The third-order valence-electron chi connectivity index (χ3n) is 17.3. The van der Waals surface area contributed by atoms with Crippen molar-refractivity contribution in [1.82, 2.24) is 0 Å². The van der Waals surface area contributed by atoms with Crippen LogP contribution in [0, 0.1) is 0 Å². The van der Waals surface area contributed by atoms with Gasteiger partial charge < -0.3 is 14.7 Å². The zero-order valence-corrected chi connectivity index (χ0v) is 43.2. The van der Waals surface area contributed by atoms with Crippen molar-refractivity contribution in [3.05, 3.63) is 174 Å². The number of anilines is 8. The molecule has 1 fully saturated rings. The van der Waals surface area contributed by atoms with E-state index in [1.807, 2.05) is 22.7 Å². The van der Waals surface area contributed by atoms with Gasteiger partial charge in [-0.3, -0.25) is 0 Å². The minimum atomic E-state index is -0.125. The third-order valence-corrected chi connectivity index (χ3v) is 19.7. The van der Waals surface area contributed by atoms with Crippen molar-refractivity contribution in [3.63, 3.8) is 0 Å². The fraction of sp³-hybridized carbons (Fsp3) is 0.250. The van der Waals surface area contributed by atoms with E-state index in [1.54, 1.807) is 0 Å². The molecule has 8 aromatic carbocycles. The lowest BCUT2D eigenvalue weighted by Crippen LogP contribution is -2.61. The zero-order chi connectivity index (χ0) is 47.6. The van der Waals surface area contributed by atoms with E-state index < -0.39 is 0 Å². The van der Waals surface area contributed by atoms with E-state index in [2.05, 4.69) is 228 Å². The molecule has 70 heavy (non-hydrogen) atoms. The van der Waals surface area contributed by atoms with Gasteiger partial charge in [0, 0.05) is 70.5 Å². The predicted octanol–water partition coefficient (Wildman–Crippen LogP) is 16.8. The average molecular weight is 944 g/mol. The second-order valence-electron chi connectivity index (χ2n) is 23.2. The number of rotatable bonds is 3. The van der Waals surface area contributed by atoms with Crippen LogP contribution in [0.15, 0.2) is 158 Å².